The Bertz CT molecular complexity index is 420. The minimum Gasteiger partial charge on any atom is -0.497 e. The molecule has 94 valence electrons. The lowest BCUT2D eigenvalue weighted by Crippen LogP contribution is -2.56. The lowest BCUT2D eigenvalue weighted by Gasteiger charge is -2.49. The van der Waals surface area contributed by atoms with E-state index in [-0.39, 0.29) is 11.5 Å². The summed E-state index contributed by atoms with van der Waals surface area (Å²) in [6.07, 6.45) is 0.580. The molecule has 1 aromatic carbocycles. The topological polar surface area (TPSA) is 41.5 Å². The third kappa shape index (κ3) is 2.43. The number of nitrogens with one attached hydrogen (secondary N) is 1. The number of aliphatic hydroxyl groups excluding tert-OH is 1. The fourth-order valence-electron chi connectivity index (χ4n) is 2.11. The highest BCUT2D eigenvalue weighted by atomic mass is 79.9. The van der Waals surface area contributed by atoms with Gasteiger partial charge >= 0.3 is 0 Å². The Hall–Kier alpha value is -0.740. The highest BCUT2D eigenvalue weighted by Crippen LogP contribution is 2.42. The maximum Gasteiger partial charge on any atom is 0.122 e. The maximum atomic E-state index is 9.71. The Morgan fingerprint density at radius 1 is 1.41 bits per heavy atom. The molecule has 1 saturated carbocycles. The monoisotopic (exact) mass is 299 g/mol. The molecule has 3 nitrogen and oxygen atoms in total. The molecule has 0 aliphatic heterocycles. The van der Waals surface area contributed by atoms with Crippen molar-refractivity contribution in [3.05, 3.63) is 22.7 Å². The molecule has 2 atom stereocenters. The summed E-state index contributed by atoms with van der Waals surface area (Å²) in [4.78, 5) is 0. The van der Waals surface area contributed by atoms with Crippen LogP contribution in [-0.4, -0.2) is 24.4 Å². The van der Waals surface area contributed by atoms with Crippen molar-refractivity contribution in [3.8, 4) is 5.75 Å². The van der Waals surface area contributed by atoms with E-state index in [1.165, 1.54) is 0 Å². The molecule has 0 bridgehead atoms. The van der Waals surface area contributed by atoms with Crippen LogP contribution in [0.2, 0.25) is 0 Å². The first-order valence-electron chi connectivity index (χ1n) is 5.72. The number of anilines is 1. The maximum absolute atomic E-state index is 9.71. The minimum absolute atomic E-state index is 0.0739. The largest absolute Gasteiger partial charge is 0.497 e. The Kier molecular flexibility index (Phi) is 3.36. The number of hydrogen-bond donors (Lipinski definition) is 2. The summed E-state index contributed by atoms with van der Waals surface area (Å²) in [6.45, 7) is 4.15. The molecule has 0 radical (unpaired) electrons. The van der Waals surface area contributed by atoms with Gasteiger partial charge in [0.25, 0.3) is 0 Å². The van der Waals surface area contributed by atoms with Gasteiger partial charge in [-0.2, -0.15) is 0 Å². The van der Waals surface area contributed by atoms with Gasteiger partial charge in [-0.05, 0) is 18.6 Å². The summed E-state index contributed by atoms with van der Waals surface area (Å²) in [5, 5.41) is 13.2. The first-order valence-corrected chi connectivity index (χ1v) is 6.52. The van der Waals surface area contributed by atoms with Gasteiger partial charge in [-0.15, -0.1) is 0 Å². The standard InChI is InChI=1S/C13H18BrNO2/c1-13(2)11(7-12(13)16)15-9-4-8(14)5-10(6-9)17-3/h4-6,11-12,15-16H,7H2,1-3H3. The quantitative estimate of drug-likeness (QED) is 0.901. The van der Waals surface area contributed by atoms with E-state index in [4.69, 9.17) is 4.74 Å². The van der Waals surface area contributed by atoms with E-state index in [1.54, 1.807) is 7.11 Å². The van der Waals surface area contributed by atoms with Crippen molar-refractivity contribution in [3.63, 3.8) is 0 Å². The fourth-order valence-corrected chi connectivity index (χ4v) is 2.58. The van der Waals surface area contributed by atoms with Crippen LogP contribution in [-0.2, 0) is 0 Å². The van der Waals surface area contributed by atoms with Crippen molar-refractivity contribution < 1.29 is 9.84 Å². The van der Waals surface area contributed by atoms with Gasteiger partial charge in [-0.3, -0.25) is 0 Å². The Morgan fingerprint density at radius 2 is 2.12 bits per heavy atom. The summed E-state index contributed by atoms with van der Waals surface area (Å²) >= 11 is 3.45. The molecule has 0 aromatic heterocycles. The van der Waals surface area contributed by atoms with Crippen LogP contribution >= 0.6 is 15.9 Å². The summed E-state index contributed by atoms with van der Waals surface area (Å²) in [7, 11) is 1.66. The van der Waals surface area contributed by atoms with Gasteiger partial charge < -0.3 is 15.2 Å². The van der Waals surface area contributed by atoms with Crippen LogP contribution in [0.3, 0.4) is 0 Å². The van der Waals surface area contributed by atoms with Crippen molar-refractivity contribution in [1.29, 1.82) is 0 Å². The van der Waals surface area contributed by atoms with E-state index in [2.05, 4.69) is 35.1 Å². The molecule has 1 aliphatic rings. The molecule has 0 spiro atoms. The van der Waals surface area contributed by atoms with Crippen LogP contribution < -0.4 is 10.1 Å². The molecule has 1 fully saturated rings. The molecule has 2 N–H and O–H groups in total. The molecule has 2 rings (SSSR count). The smallest absolute Gasteiger partial charge is 0.122 e. The summed E-state index contributed by atoms with van der Waals surface area (Å²) < 4.78 is 6.21. The van der Waals surface area contributed by atoms with Gasteiger partial charge in [0.15, 0.2) is 0 Å². The van der Waals surface area contributed by atoms with Crippen molar-refractivity contribution >= 4 is 21.6 Å². The van der Waals surface area contributed by atoms with Gasteiger partial charge in [0.1, 0.15) is 5.75 Å². The first-order chi connectivity index (χ1) is 7.93. The molecule has 4 heteroatoms. The zero-order chi connectivity index (χ0) is 12.6. The van der Waals surface area contributed by atoms with Gasteiger partial charge in [-0.1, -0.05) is 29.8 Å². The molecule has 0 heterocycles. The summed E-state index contributed by atoms with van der Waals surface area (Å²) in [6, 6.07) is 6.21. The van der Waals surface area contributed by atoms with Gasteiger partial charge in [-0.25, -0.2) is 0 Å². The van der Waals surface area contributed by atoms with Gasteiger partial charge in [0.05, 0.1) is 13.2 Å². The second-order valence-corrected chi connectivity index (χ2v) is 6.07. The van der Waals surface area contributed by atoms with Crippen LogP contribution in [0, 0.1) is 5.41 Å². The second-order valence-electron chi connectivity index (χ2n) is 5.15. The first kappa shape index (κ1) is 12.7. The van der Waals surface area contributed by atoms with E-state index in [0.717, 1.165) is 22.3 Å². The normalized spacial score (nSPS) is 26.2. The van der Waals surface area contributed by atoms with E-state index in [1.807, 2.05) is 18.2 Å². The number of methoxy groups -OCH3 is 1. The van der Waals surface area contributed by atoms with E-state index in [0.29, 0.717) is 6.04 Å². The third-order valence-electron chi connectivity index (χ3n) is 3.66. The SMILES string of the molecule is COc1cc(Br)cc(NC2CC(O)C2(C)C)c1. The van der Waals surface area contributed by atoms with Crippen molar-refractivity contribution in [2.24, 2.45) is 5.41 Å². The molecule has 0 amide bonds. The van der Waals surface area contributed by atoms with Gasteiger partial charge in [0, 0.05) is 27.7 Å². The molecule has 0 saturated heterocycles. The number of rotatable bonds is 3. The molecule has 17 heavy (non-hydrogen) atoms. The number of benzene rings is 1. The zero-order valence-electron chi connectivity index (χ0n) is 10.3. The lowest BCUT2D eigenvalue weighted by atomic mass is 9.64. The number of ether oxygens (including phenoxy) is 1. The highest BCUT2D eigenvalue weighted by Gasteiger charge is 2.47. The van der Waals surface area contributed by atoms with Crippen molar-refractivity contribution in [2.45, 2.75) is 32.4 Å². The molecular formula is C13H18BrNO2. The fraction of sp³-hybridized carbons (Fsp3) is 0.538. The predicted octanol–water partition coefficient (Wildman–Crippen LogP) is 3.03. The van der Waals surface area contributed by atoms with Crippen LogP contribution in [0.25, 0.3) is 0 Å². The van der Waals surface area contributed by atoms with E-state index >= 15 is 0 Å². The average Bonchev–Trinajstić information content (AvgIpc) is 2.28. The van der Waals surface area contributed by atoms with Crippen molar-refractivity contribution in [1.82, 2.24) is 0 Å². The Labute approximate surface area is 110 Å². The van der Waals surface area contributed by atoms with Crippen LogP contribution in [0.4, 0.5) is 5.69 Å². The Balaban J connectivity index is 2.12. The molecular weight excluding hydrogens is 282 g/mol. The van der Waals surface area contributed by atoms with Crippen LogP contribution in [0.15, 0.2) is 22.7 Å². The number of halogens is 1. The lowest BCUT2D eigenvalue weighted by molar-refractivity contribution is -0.0510. The third-order valence-corrected chi connectivity index (χ3v) is 4.12. The van der Waals surface area contributed by atoms with Crippen molar-refractivity contribution in [2.75, 3.05) is 12.4 Å². The molecule has 1 aliphatic carbocycles. The second kappa shape index (κ2) is 4.50. The van der Waals surface area contributed by atoms with Crippen LogP contribution in [0.5, 0.6) is 5.75 Å². The number of hydrogen-bond acceptors (Lipinski definition) is 3. The molecule has 1 aromatic rings. The Morgan fingerprint density at radius 3 is 2.65 bits per heavy atom. The summed E-state index contributed by atoms with van der Waals surface area (Å²) in [5.74, 6) is 0.819. The summed E-state index contributed by atoms with van der Waals surface area (Å²) in [5.41, 5.74) is 0.941. The average molecular weight is 300 g/mol. The highest BCUT2D eigenvalue weighted by molar-refractivity contribution is 9.10. The minimum atomic E-state index is -0.214. The van der Waals surface area contributed by atoms with Gasteiger partial charge in [0.2, 0.25) is 0 Å². The molecule has 2 unspecified atom stereocenters. The number of aliphatic hydroxyl groups is 1. The predicted molar refractivity (Wildman–Crippen MR) is 72.5 cm³/mol. The van der Waals surface area contributed by atoms with E-state index < -0.39 is 0 Å². The zero-order valence-corrected chi connectivity index (χ0v) is 11.9. The van der Waals surface area contributed by atoms with E-state index in [9.17, 15) is 5.11 Å². The van der Waals surface area contributed by atoms with Crippen LogP contribution in [0.1, 0.15) is 20.3 Å².